The van der Waals surface area contributed by atoms with Crippen molar-refractivity contribution >= 4 is 0 Å². The van der Waals surface area contributed by atoms with Crippen LogP contribution in [0.5, 0.6) is 0 Å². The summed E-state index contributed by atoms with van der Waals surface area (Å²) in [7, 11) is 0. The van der Waals surface area contributed by atoms with Crippen LogP contribution in [0.1, 0.15) is 39.0 Å². The van der Waals surface area contributed by atoms with E-state index in [9.17, 15) is 25.5 Å². The van der Waals surface area contributed by atoms with Gasteiger partial charge in [0.25, 0.3) is 0 Å². The van der Waals surface area contributed by atoms with Gasteiger partial charge in [-0.1, -0.05) is 6.92 Å². The second-order valence-corrected chi connectivity index (χ2v) is 7.61. The summed E-state index contributed by atoms with van der Waals surface area (Å²) in [6.45, 7) is 2.09. The van der Waals surface area contributed by atoms with Gasteiger partial charge in [-0.05, 0) is 43.9 Å². The molecule has 2 saturated carbocycles. The monoisotopic (exact) mass is 316 g/mol. The summed E-state index contributed by atoms with van der Waals surface area (Å²) in [5, 5.41) is 50.0. The van der Waals surface area contributed by atoms with Crippen molar-refractivity contribution in [1.29, 1.82) is 0 Å². The fraction of sp³-hybridized carbons (Fsp3) is 1.00. The third-order valence-electron chi connectivity index (χ3n) is 5.82. The van der Waals surface area contributed by atoms with Gasteiger partial charge in [-0.3, -0.25) is 0 Å². The lowest BCUT2D eigenvalue weighted by Gasteiger charge is -2.49. The Morgan fingerprint density at radius 2 is 1.36 bits per heavy atom. The van der Waals surface area contributed by atoms with Gasteiger partial charge in [0.1, 0.15) is 6.10 Å². The molecule has 0 amide bonds. The Labute approximate surface area is 130 Å². The van der Waals surface area contributed by atoms with Gasteiger partial charge in [-0.25, -0.2) is 0 Å². The number of aliphatic hydroxyl groups is 5. The molecule has 0 aromatic rings. The van der Waals surface area contributed by atoms with Crippen molar-refractivity contribution in [3.63, 3.8) is 0 Å². The van der Waals surface area contributed by atoms with E-state index in [1.54, 1.807) is 0 Å². The van der Waals surface area contributed by atoms with Crippen LogP contribution >= 0.6 is 0 Å². The Hall–Kier alpha value is -0.240. The zero-order chi connectivity index (χ0) is 16.0. The molecule has 6 nitrogen and oxygen atoms in total. The van der Waals surface area contributed by atoms with Crippen LogP contribution in [0.15, 0.2) is 0 Å². The fourth-order valence-corrected chi connectivity index (χ4v) is 4.62. The topological polar surface area (TPSA) is 110 Å². The van der Waals surface area contributed by atoms with Crippen molar-refractivity contribution in [3.8, 4) is 0 Å². The molecule has 2 aliphatic carbocycles. The summed E-state index contributed by atoms with van der Waals surface area (Å²) in [6, 6.07) is 0. The first kappa shape index (κ1) is 16.6. The van der Waals surface area contributed by atoms with Crippen molar-refractivity contribution in [2.24, 2.45) is 17.8 Å². The van der Waals surface area contributed by atoms with Gasteiger partial charge in [0.2, 0.25) is 0 Å². The van der Waals surface area contributed by atoms with E-state index in [-0.39, 0.29) is 17.9 Å². The Bertz CT molecular complexity index is 379. The van der Waals surface area contributed by atoms with Gasteiger partial charge in [0.15, 0.2) is 0 Å². The van der Waals surface area contributed by atoms with Gasteiger partial charge in [-0.15, -0.1) is 0 Å². The molecule has 22 heavy (non-hydrogen) atoms. The molecular weight excluding hydrogens is 288 g/mol. The number of rotatable bonds is 1. The maximum Gasteiger partial charge on any atom is 0.106 e. The minimum Gasteiger partial charge on any atom is -0.393 e. The highest BCUT2D eigenvalue weighted by atomic mass is 16.5. The largest absolute Gasteiger partial charge is 0.393 e. The van der Waals surface area contributed by atoms with E-state index < -0.39 is 36.6 Å². The van der Waals surface area contributed by atoms with E-state index in [1.807, 2.05) is 0 Å². The van der Waals surface area contributed by atoms with E-state index in [2.05, 4.69) is 6.92 Å². The maximum atomic E-state index is 10.4. The van der Waals surface area contributed by atoms with Crippen LogP contribution in [-0.4, -0.2) is 68.3 Å². The molecule has 0 aromatic carbocycles. The zero-order valence-corrected chi connectivity index (χ0v) is 13.0. The molecule has 0 bridgehead atoms. The van der Waals surface area contributed by atoms with Crippen LogP contribution < -0.4 is 0 Å². The molecule has 0 spiro atoms. The molecule has 6 heteroatoms. The Morgan fingerprint density at radius 1 is 0.727 bits per heavy atom. The zero-order valence-electron chi connectivity index (χ0n) is 13.0. The number of hydrogen-bond donors (Lipinski definition) is 5. The van der Waals surface area contributed by atoms with Gasteiger partial charge in [0, 0.05) is 5.92 Å². The van der Waals surface area contributed by atoms with Gasteiger partial charge in [-0.2, -0.15) is 0 Å². The Morgan fingerprint density at radius 3 is 2.00 bits per heavy atom. The standard InChI is InChI=1S/C16H28O6/c1-7-2-10(17)9-6-13(20)16(22-14(9)3-7)8-4-11(18)15(21)12(19)5-8/h7-21H,2-6H2,1H3. The quantitative estimate of drug-likeness (QED) is 0.442. The van der Waals surface area contributed by atoms with Crippen LogP contribution in [0.25, 0.3) is 0 Å². The van der Waals surface area contributed by atoms with Crippen molar-refractivity contribution in [1.82, 2.24) is 0 Å². The molecule has 3 rings (SSSR count). The summed E-state index contributed by atoms with van der Waals surface area (Å²) in [5.41, 5.74) is 0. The normalized spacial score (nSPS) is 56.5. The second-order valence-electron chi connectivity index (χ2n) is 7.61. The highest BCUT2D eigenvalue weighted by Crippen LogP contribution is 2.42. The second kappa shape index (κ2) is 6.34. The average Bonchev–Trinajstić information content (AvgIpc) is 2.44. The molecule has 1 saturated heterocycles. The number of aliphatic hydroxyl groups excluding tert-OH is 5. The molecule has 0 radical (unpaired) electrons. The average molecular weight is 316 g/mol. The Kier molecular flexibility index (Phi) is 4.79. The molecule has 1 heterocycles. The molecular formula is C16H28O6. The van der Waals surface area contributed by atoms with Crippen molar-refractivity contribution in [2.75, 3.05) is 0 Å². The molecule has 3 fully saturated rings. The molecule has 1 aliphatic heterocycles. The summed E-state index contributed by atoms with van der Waals surface area (Å²) in [5.74, 6) is 0.168. The van der Waals surface area contributed by atoms with Crippen molar-refractivity contribution in [3.05, 3.63) is 0 Å². The molecule has 3 aliphatic rings. The van der Waals surface area contributed by atoms with E-state index >= 15 is 0 Å². The summed E-state index contributed by atoms with van der Waals surface area (Å²) in [6.07, 6.45) is -2.03. The summed E-state index contributed by atoms with van der Waals surface area (Å²) >= 11 is 0. The van der Waals surface area contributed by atoms with E-state index in [1.165, 1.54) is 0 Å². The lowest BCUT2D eigenvalue weighted by molar-refractivity contribution is -0.216. The number of fused-ring (bicyclic) bond motifs is 1. The third kappa shape index (κ3) is 3.05. The highest BCUT2D eigenvalue weighted by molar-refractivity contribution is 4.97. The Balaban J connectivity index is 1.70. The first-order chi connectivity index (χ1) is 10.4. The SMILES string of the molecule is CC1CC(O)C2CC(O)C(C3CC(O)C(O)C(O)C3)OC2C1. The molecule has 128 valence electrons. The molecule has 8 atom stereocenters. The van der Waals surface area contributed by atoms with Crippen LogP contribution in [-0.2, 0) is 4.74 Å². The van der Waals surface area contributed by atoms with Gasteiger partial charge >= 0.3 is 0 Å². The fourth-order valence-electron chi connectivity index (χ4n) is 4.62. The van der Waals surface area contributed by atoms with Crippen LogP contribution in [0.2, 0.25) is 0 Å². The third-order valence-corrected chi connectivity index (χ3v) is 5.82. The van der Waals surface area contributed by atoms with E-state index in [0.717, 1.165) is 12.8 Å². The van der Waals surface area contributed by atoms with Crippen LogP contribution in [0.3, 0.4) is 0 Å². The molecule has 0 aromatic heterocycles. The summed E-state index contributed by atoms with van der Waals surface area (Å²) in [4.78, 5) is 0. The van der Waals surface area contributed by atoms with Crippen molar-refractivity contribution < 1.29 is 30.3 Å². The molecule has 8 unspecified atom stereocenters. The van der Waals surface area contributed by atoms with Crippen molar-refractivity contribution in [2.45, 2.75) is 81.8 Å². The van der Waals surface area contributed by atoms with E-state index in [0.29, 0.717) is 25.2 Å². The first-order valence-corrected chi connectivity index (χ1v) is 8.42. The predicted octanol–water partition coefficient (Wildman–Crippen LogP) is -0.596. The van der Waals surface area contributed by atoms with Gasteiger partial charge in [0.05, 0.1) is 36.6 Å². The lowest BCUT2D eigenvalue weighted by Crippen LogP contribution is -2.56. The smallest absolute Gasteiger partial charge is 0.106 e. The van der Waals surface area contributed by atoms with Crippen LogP contribution in [0, 0.1) is 17.8 Å². The van der Waals surface area contributed by atoms with Gasteiger partial charge < -0.3 is 30.3 Å². The van der Waals surface area contributed by atoms with Crippen LogP contribution in [0.4, 0.5) is 0 Å². The lowest BCUT2D eigenvalue weighted by atomic mass is 9.71. The minimum atomic E-state index is -1.12. The maximum absolute atomic E-state index is 10.4. The highest BCUT2D eigenvalue weighted by Gasteiger charge is 2.48. The predicted molar refractivity (Wildman–Crippen MR) is 77.9 cm³/mol. The number of ether oxygens (including phenoxy) is 1. The summed E-state index contributed by atoms with van der Waals surface area (Å²) < 4.78 is 6.10. The first-order valence-electron chi connectivity index (χ1n) is 8.42. The minimum absolute atomic E-state index is 0.0357. The number of hydrogen-bond acceptors (Lipinski definition) is 6. The molecule has 5 N–H and O–H groups in total. The van der Waals surface area contributed by atoms with E-state index in [4.69, 9.17) is 4.74 Å².